The minimum atomic E-state index is -1.84. The molecule has 0 bridgehead atoms. The van der Waals surface area contributed by atoms with Crippen LogP contribution in [0, 0.1) is 11.3 Å². The molecule has 1 aliphatic carbocycles. The summed E-state index contributed by atoms with van der Waals surface area (Å²) in [5.74, 6) is 0.450. The van der Waals surface area contributed by atoms with E-state index in [2.05, 4.69) is 91.9 Å². The topological polar surface area (TPSA) is 26.3 Å². The molecule has 0 amide bonds. The standard InChI is InChI=1S/C32H48O2SSi/c1-25(18-20-29-26(2)15-14-23-32(29,7)8)19-21-30(35(33)28-16-12-11-13-17-28)27(3)22-24-34-36(9,10)31(4,5)6/h11-13,15-22,29H,14,23-24H2,1-10H3/b20-18+,25-19-,27-22+,30-21-. The summed E-state index contributed by atoms with van der Waals surface area (Å²) in [6, 6.07) is 9.70. The van der Waals surface area contributed by atoms with Crippen molar-refractivity contribution in [1.29, 1.82) is 0 Å². The highest BCUT2D eigenvalue weighted by molar-refractivity contribution is 7.89. The molecule has 0 aromatic heterocycles. The van der Waals surface area contributed by atoms with Crippen LogP contribution in [-0.4, -0.2) is 19.1 Å². The SMILES string of the molecule is CC1=CCCC(C)(C)C1/C=C/C(C)=C\C=C(\C(C)=C\CO[Si](C)(C)C(C)(C)C)S(=O)c1ccccc1. The first kappa shape index (κ1) is 30.5. The molecule has 2 unspecified atom stereocenters. The van der Waals surface area contributed by atoms with Crippen molar-refractivity contribution in [3.8, 4) is 0 Å². The zero-order chi connectivity index (χ0) is 27.1. The average molecular weight is 525 g/mol. The molecule has 0 heterocycles. The fourth-order valence-corrected chi connectivity index (χ4v) is 6.35. The van der Waals surface area contributed by atoms with Crippen LogP contribution in [0.3, 0.4) is 0 Å². The molecule has 198 valence electrons. The van der Waals surface area contributed by atoms with Crippen LogP contribution >= 0.6 is 0 Å². The van der Waals surface area contributed by atoms with E-state index < -0.39 is 19.1 Å². The molecule has 4 heteroatoms. The van der Waals surface area contributed by atoms with Crippen molar-refractivity contribution in [2.75, 3.05) is 6.61 Å². The lowest BCUT2D eigenvalue weighted by molar-refractivity contribution is 0.255. The monoisotopic (exact) mass is 524 g/mol. The van der Waals surface area contributed by atoms with Crippen LogP contribution in [0.2, 0.25) is 18.1 Å². The normalized spacial score (nSPS) is 21.0. The molecule has 2 rings (SSSR count). The Morgan fingerprint density at radius 1 is 1.14 bits per heavy atom. The Morgan fingerprint density at radius 3 is 2.36 bits per heavy atom. The summed E-state index contributed by atoms with van der Waals surface area (Å²) in [4.78, 5) is 1.63. The van der Waals surface area contributed by atoms with Gasteiger partial charge in [0.25, 0.3) is 0 Å². The molecule has 0 radical (unpaired) electrons. The van der Waals surface area contributed by atoms with Crippen molar-refractivity contribution in [1.82, 2.24) is 0 Å². The highest BCUT2D eigenvalue weighted by Crippen LogP contribution is 2.41. The molecular formula is C32H48O2SSi. The number of allylic oxidation sites excluding steroid dienone is 8. The van der Waals surface area contributed by atoms with Crippen LogP contribution in [0.5, 0.6) is 0 Å². The number of benzene rings is 1. The van der Waals surface area contributed by atoms with Gasteiger partial charge in [0.2, 0.25) is 0 Å². The second kappa shape index (κ2) is 12.7. The molecule has 0 fully saturated rings. The van der Waals surface area contributed by atoms with Crippen molar-refractivity contribution in [3.05, 3.63) is 88.4 Å². The second-order valence-electron chi connectivity index (χ2n) is 12.3. The Morgan fingerprint density at radius 2 is 1.78 bits per heavy atom. The highest BCUT2D eigenvalue weighted by atomic mass is 32.2. The molecule has 0 N–H and O–H groups in total. The lowest BCUT2D eigenvalue weighted by Gasteiger charge is -2.36. The van der Waals surface area contributed by atoms with E-state index in [-0.39, 0.29) is 10.5 Å². The van der Waals surface area contributed by atoms with Gasteiger partial charge in [0, 0.05) is 15.7 Å². The van der Waals surface area contributed by atoms with Gasteiger partial charge in [0.05, 0.1) is 17.4 Å². The van der Waals surface area contributed by atoms with E-state index in [1.165, 1.54) is 18.4 Å². The maximum atomic E-state index is 13.6. The summed E-state index contributed by atoms with van der Waals surface area (Å²) in [7, 11) is -3.11. The first-order valence-corrected chi connectivity index (χ1v) is 17.2. The minimum absolute atomic E-state index is 0.160. The van der Waals surface area contributed by atoms with Gasteiger partial charge in [-0.3, -0.25) is 0 Å². The maximum Gasteiger partial charge on any atom is 0.192 e. The molecule has 1 aromatic rings. The van der Waals surface area contributed by atoms with E-state index in [4.69, 9.17) is 4.43 Å². The smallest absolute Gasteiger partial charge is 0.192 e. The van der Waals surface area contributed by atoms with Gasteiger partial charge in [-0.1, -0.05) is 94.3 Å². The number of hydrogen-bond donors (Lipinski definition) is 0. The molecule has 0 aliphatic heterocycles. The van der Waals surface area contributed by atoms with Gasteiger partial charge < -0.3 is 4.43 Å². The predicted molar refractivity (Wildman–Crippen MR) is 161 cm³/mol. The molecular weight excluding hydrogens is 477 g/mol. The molecule has 0 spiro atoms. The van der Waals surface area contributed by atoms with Crippen LogP contribution in [0.25, 0.3) is 0 Å². The highest BCUT2D eigenvalue weighted by Gasteiger charge is 2.36. The third kappa shape index (κ3) is 8.39. The van der Waals surface area contributed by atoms with E-state index in [0.717, 1.165) is 20.9 Å². The third-order valence-corrected chi connectivity index (χ3v) is 13.9. The first-order valence-electron chi connectivity index (χ1n) is 13.2. The number of hydrogen-bond acceptors (Lipinski definition) is 2. The number of rotatable bonds is 9. The van der Waals surface area contributed by atoms with Gasteiger partial charge in [0.15, 0.2) is 8.32 Å². The van der Waals surface area contributed by atoms with Crippen molar-refractivity contribution in [3.63, 3.8) is 0 Å². The largest absolute Gasteiger partial charge is 0.413 e. The van der Waals surface area contributed by atoms with Gasteiger partial charge in [-0.2, -0.15) is 0 Å². The van der Waals surface area contributed by atoms with E-state index in [0.29, 0.717) is 12.5 Å². The van der Waals surface area contributed by atoms with E-state index in [1.807, 2.05) is 43.3 Å². The third-order valence-electron chi connectivity index (χ3n) is 7.82. The fourth-order valence-electron chi connectivity index (χ4n) is 4.20. The average Bonchev–Trinajstić information content (AvgIpc) is 2.78. The van der Waals surface area contributed by atoms with Gasteiger partial charge in [-0.15, -0.1) is 0 Å². The zero-order valence-electron chi connectivity index (χ0n) is 24.3. The van der Waals surface area contributed by atoms with E-state index in [9.17, 15) is 4.21 Å². The van der Waals surface area contributed by atoms with Gasteiger partial charge in [0.1, 0.15) is 0 Å². The predicted octanol–water partition coefficient (Wildman–Crippen LogP) is 9.53. The zero-order valence-corrected chi connectivity index (χ0v) is 26.1. The van der Waals surface area contributed by atoms with Crippen molar-refractivity contribution in [2.45, 2.75) is 91.3 Å². The summed E-state index contributed by atoms with van der Waals surface area (Å²) >= 11 is 0. The summed E-state index contributed by atoms with van der Waals surface area (Å²) in [5, 5.41) is 0.160. The lowest BCUT2D eigenvalue weighted by Crippen LogP contribution is -2.40. The van der Waals surface area contributed by atoms with Crippen LogP contribution in [0.15, 0.2) is 93.3 Å². The molecule has 2 nitrogen and oxygen atoms in total. The van der Waals surface area contributed by atoms with Crippen LogP contribution in [0.1, 0.15) is 68.2 Å². The van der Waals surface area contributed by atoms with E-state index in [1.54, 1.807) is 0 Å². The second-order valence-corrected chi connectivity index (χ2v) is 18.6. The summed E-state index contributed by atoms with van der Waals surface area (Å²) in [6.07, 6.45) is 15.5. The molecule has 0 saturated carbocycles. The fraction of sp³-hybridized carbons (Fsp3) is 0.500. The van der Waals surface area contributed by atoms with Crippen LogP contribution in [0.4, 0.5) is 0 Å². The maximum absolute atomic E-state index is 13.6. The van der Waals surface area contributed by atoms with E-state index >= 15 is 0 Å². The molecule has 1 aliphatic rings. The molecule has 0 saturated heterocycles. The minimum Gasteiger partial charge on any atom is -0.413 e. The van der Waals surface area contributed by atoms with Crippen LogP contribution in [-0.2, 0) is 15.2 Å². The molecule has 2 atom stereocenters. The molecule has 1 aromatic carbocycles. The van der Waals surface area contributed by atoms with Crippen molar-refractivity contribution >= 4 is 19.1 Å². The summed E-state index contributed by atoms with van der Waals surface area (Å²) in [6.45, 7) is 22.9. The summed E-state index contributed by atoms with van der Waals surface area (Å²) < 4.78 is 19.9. The van der Waals surface area contributed by atoms with Gasteiger partial charge in [-0.05, 0) is 80.9 Å². The Labute approximate surface area is 224 Å². The van der Waals surface area contributed by atoms with Gasteiger partial charge >= 0.3 is 0 Å². The Balaban J connectivity index is 2.32. The van der Waals surface area contributed by atoms with Crippen molar-refractivity contribution < 1.29 is 8.63 Å². The molecule has 36 heavy (non-hydrogen) atoms. The Hall–Kier alpha value is -1.75. The van der Waals surface area contributed by atoms with Gasteiger partial charge in [-0.25, -0.2) is 4.21 Å². The first-order chi connectivity index (χ1) is 16.7. The van der Waals surface area contributed by atoms with Crippen LogP contribution < -0.4 is 0 Å². The lowest BCUT2D eigenvalue weighted by atomic mass is 9.68. The Bertz CT molecular complexity index is 1060. The Kier molecular flexibility index (Phi) is 10.7. The quantitative estimate of drug-likeness (QED) is 0.183. The summed E-state index contributed by atoms with van der Waals surface area (Å²) in [5.41, 5.74) is 3.87. The van der Waals surface area contributed by atoms with Crippen molar-refractivity contribution in [2.24, 2.45) is 11.3 Å².